The topological polar surface area (TPSA) is 37.4 Å². The van der Waals surface area contributed by atoms with Crippen LogP contribution in [-0.4, -0.2) is 38.3 Å². The zero-order valence-electron chi connectivity index (χ0n) is 12.8. The van der Waals surface area contributed by atoms with Gasteiger partial charge in [0.2, 0.25) is 0 Å². The second kappa shape index (κ2) is 6.41. The molecule has 3 rings (SSSR count). The second-order valence-corrected chi connectivity index (χ2v) is 5.61. The van der Waals surface area contributed by atoms with E-state index in [-0.39, 0.29) is 0 Å². The molecule has 4 heteroatoms. The molecule has 2 aromatic rings. The molecule has 0 saturated carbocycles. The number of hydrogen-bond donors (Lipinski definition) is 1. The highest BCUT2D eigenvalue weighted by atomic mass is 16.5. The van der Waals surface area contributed by atoms with Crippen molar-refractivity contribution in [1.82, 2.24) is 10.3 Å². The van der Waals surface area contributed by atoms with Crippen LogP contribution in [0.15, 0.2) is 30.3 Å². The highest BCUT2D eigenvalue weighted by molar-refractivity contribution is 5.84. The average Bonchev–Trinajstić information content (AvgIpc) is 2.55. The van der Waals surface area contributed by atoms with Gasteiger partial charge in [-0.25, -0.2) is 4.98 Å². The van der Waals surface area contributed by atoms with Gasteiger partial charge in [0, 0.05) is 32.1 Å². The molecule has 1 aliphatic rings. The van der Waals surface area contributed by atoms with Crippen molar-refractivity contribution in [3.63, 3.8) is 0 Å². The van der Waals surface area contributed by atoms with E-state index in [1.165, 1.54) is 10.9 Å². The molecule has 0 aliphatic carbocycles. The highest BCUT2D eigenvalue weighted by Gasteiger charge is 2.20. The van der Waals surface area contributed by atoms with Gasteiger partial charge < -0.3 is 15.0 Å². The lowest BCUT2D eigenvalue weighted by Crippen LogP contribution is -2.37. The lowest BCUT2D eigenvalue weighted by molar-refractivity contribution is 0.0818. The number of aromatic nitrogens is 1. The summed E-state index contributed by atoms with van der Waals surface area (Å²) in [6, 6.07) is 10.6. The molecule has 0 radical (unpaired) electrons. The number of para-hydroxylation sites is 1. The van der Waals surface area contributed by atoms with Crippen LogP contribution in [0.3, 0.4) is 0 Å². The molecule has 112 valence electrons. The number of ether oxygens (including phenoxy) is 1. The average molecular weight is 285 g/mol. The maximum Gasteiger partial charge on any atom is 0.129 e. The third kappa shape index (κ3) is 3.01. The summed E-state index contributed by atoms with van der Waals surface area (Å²) >= 11 is 0. The van der Waals surface area contributed by atoms with Crippen LogP contribution in [0.5, 0.6) is 0 Å². The quantitative estimate of drug-likeness (QED) is 0.937. The highest BCUT2D eigenvalue weighted by Crippen LogP contribution is 2.25. The zero-order valence-corrected chi connectivity index (χ0v) is 12.8. The van der Waals surface area contributed by atoms with Crippen LogP contribution in [-0.2, 0) is 11.3 Å². The van der Waals surface area contributed by atoms with Gasteiger partial charge in [0.1, 0.15) is 5.82 Å². The van der Waals surface area contributed by atoms with Gasteiger partial charge in [-0.1, -0.05) is 18.2 Å². The number of nitrogens with zero attached hydrogens (tertiary/aromatic N) is 2. The number of benzene rings is 1. The van der Waals surface area contributed by atoms with E-state index in [1.54, 1.807) is 7.11 Å². The summed E-state index contributed by atoms with van der Waals surface area (Å²) in [5.41, 5.74) is 2.39. The number of methoxy groups -OCH3 is 1. The molecule has 0 atom stereocenters. The minimum Gasteiger partial charge on any atom is -0.381 e. The zero-order chi connectivity index (χ0) is 14.7. The maximum atomic E-state index is 5.45. The molecule has 1 aromatic carbocycles. The Morgan fingerprint density at radius 3 is 2.76 bits per heavy atom. The summed E-state index contributed by atoms with van der Waals surface area (Å²) in [5.74, 6) is 1.09. The number of piperidine rings is 1. The maximum absolute atomic E-state index is 5.45. The van der Waals surface area contributed by atoms with Gasteiger partial charge in [-0.05, 0) is 37.6 Å². The Labute approximate surface area is 126 Å². The lowest BCUT2D eigenvalue weighted by Gasteiger charge is -2.32. The van der Waals surface area contributed by atoms with Crippen molar-refractivity contribution in [2.45, 2.75) is 25.5 Å². The summed E-state index contributed by atoms with van der Waals surface area (Å²) in [5, 5.41) is 4.49. The molecule has 1 saturated heterocycles. The molecule has 0 amide bonds. The molecule has 21 heavy (non-hydrogen) atoms. The summed E-state index contributed by atoms with van der Waals surface area (Å²) in [7, 11) is 3.79. The summed E-state index contributed by atoms with van der Waals surface area (Å²) < 4.78 is 5.45. The van der Waals surface area contributed by atoms with Gasteiger partial charge in [0.25, 0.3) is 0 Å². The van der Waals surface area contributed by atoms with Gasteiger partial charge in [-0.3, -0.25) is 0 Å². The van der Waals surface area contributed by atoms with Crippen LogP contribution in [0.25, 0.3) is 10.9 Å². The fourth-order valence-electron chi connectivity index (χ4n) is 3.05. The lowest BCUT2D eigenvalue weighted by atomic mass is 10.1. The van der Waals surface area contributed by atoms with Crippen molar-refractivity contribution < 1.29 is 4.74 Å². The Kier molecular flexibility index (Phi) is 4.36. The molecule has 1 fully saturated rings. The fraction of sp³-hybridized carbons (Fsp3) is 0.471. The van der Waals surface area contributed by atoms with E-state index in [9.17, 15) is 0 Å². The number of hydrogen-bond acceptors (Lipinski definition) is 4. The normalized spacial score (nSPS) is 16.6. The van der Waals surface area contributed by atoms with Crippen LogP contribution in [0.2, 0.25) is 0 Å². The Bertz CT molecular complexity index is 606. The van der Waals surface area contributed by atoms with Crippen molar-refractivity contribution in [2.75, 3.05) is 32.1 Å². The van der Waals surface area contributed by atoms with Crippen molar-refractivity contribution >= 4 is 16.7 Å². The second-order valence-electron chi connectivity index (χ2n) is 5.61. The SMILES string of the molecule is CNCc1cc(N2CCC(OC)CC2)nc2ccccc12. The van der Waals surface area contributed by atoms with Crippen molar-refractivity contribution in [1.29, 1.82) is 0 Å². The van der Waals surface area contributed by atoms with E-state index >= 15 is 0 Å². The predicted octanol–water partition coefficient (Wildman–Crippen LogP) is 2.57. The Morgan fingerprint density at radius 2 is 2.05 bits per heavy atom. The number of fused-ring (bicyclic) bond motifs is 1. The molecular formula is C17H23N3O. The van der Waals surface area contributed by atoms with Gasteiger partial charge in [0.05, 0.1) is 11.6 Å². The van der Waals surface area contributed by atoms with Crippen LogP contribution in [0.4, 0.5) is 5.82 Å². The number of anilines is 1. The monoisotopic (exact) mass is 285 g/mol. The molecule has 0 spiro atoms. The Balaban J connectivity index is 1.92. The largest absolute Gasteiger partial charge is 0.381 e. The summed E-state index contributed by atoms with van der Waals surface area (Å²) in [6.07, 6.45) is 2.55. The van der Waals surface area contributed by atoms with Crippen molar-refractivity contribution in [2.24, 2.45) is 0 Å². The molecule has 0 bridgehead atoms. The van der Waals surface area contributed by atoms with E-state index in [2.05, 4.69) is 40.5 Å². The van der Waals surface area contributed by atoms with Crippen LogP contribution < -0.4 is 10.2 Å². The van der Waals surface area contributed by atoms with Crippen LogP contribution in [0.1, 0.15) is 18.4 Å². The minimum atomic E-state index is 0.401. The first kappa shape index (κ1) is 14.3. The van der Waals surface area contributed by atoms with E-state index in [1.807, 2.05) is 7.05 Å². The third-order valence-corrected chi connectivity index (χ3v) is 4.25. The molecule has 0 unspecified atom stereocenters. The van der Waals surface area contributed by atoms with Gasteiger partial charge >= 0.3 is 0 Å². The number of rotatable bonds is 4. The van der Waals surface area contributed by atoms with E-state index in [0.29, 0.717) is 6.10 Å². The standard InChI is InChI=1S/C17H23N3O/c1-18-12-13-11-17(19-16-6-4-3-5-15(13)16)20-9-7-14(21-2)8-10-20/h3-6,11,14,18H,7-10,12H2,1-2H3. The van der Waals surface area contributed by atoms with Gasteiger partial charge in [-0.2, -0.15) is 0 Å². The van der Waals surface area contributed by atoms with E-state index < -0.39 is 0 Å². The van der Waals surface area contributed by atoms with Crippen LogP contribution in [0, 0.1) is 0 Å². The van der Waals surface area contributed by atoms with E-state index in [0.717, 1.165) is 43.8 Å². The van der Waals surface area contributed by atoms with Crippen LogP contribution >= 0.6 is 0 Å². The summed E-state index contributed by atoms with van der Waals surface area (Å²) in [6.45, 7) is 2.90. The predicted molar refractivity (Wildman–Crippen MR) is 86.8 cm³/mol. The molecular weight excluding hydrogens is 262 g/mol. The van der Waals surface area contributed by atoms with Crippen molar-refractivity contribution in [3.05, 3.63) is 35.9 Å². The third-order valence-electron chi connectivity index (χ3n) is 4.25. The number of pyridine rings is 1. The number of nitrogens with one attached hydrogen (secondary N) is 1. The smallest absolute Gasteiger partial charge is 0.129 e. The fourth-order valence-corrected chi connectivity index (χ4v) is 3.05. The molecule has 1 aliphatic heterocycles. The van der Waals surface area contributed by atoms with Gasteiger partial charge in [-0.15, -0.1) is 0 Å². The first-order valence-corrected chi connectivity index (χ1v) is 7.63. The molecule has 1 aromatic heterocycles. The molecule has 2 heterocycles. The Hall–Kier alpha value is -1.65. The first-order chi connectivity index (χ1) is 10.3. The molecule has 1 N–H and O–H groups in total. The molecule has 4 nitrogen and oxygen atoms in total. The first-order valence-electron chi connectivity index (χ1n) is 7.63. The van der Waals surface area contributed by atoms with Crippen molar-refractivity contribution in [3.8, 4) is 0 Å². The minimum absolute atomic E-state index is 0.401. The Morgan fingerprint density at radius 1 is 1.29 bits per heavy atom. The van der Waals surface area contributed by atoms with Gasteiger partial charge in [0.15, 0.2) is 0 Å². The summed E-state index contributed by atoms with van der Waals surface area (Å²) in [4.78, 5) is 7.23. The van der Waals surface area contributed by atoms with E-state index in [4.69, 9.17) is 9.72 Å².